The number of aliphatic carboxylic acids is 1. The number of amides is 2. The van der Waals surface area contributed by atoms with Gasteiger partial charge in [0.15, 0.2) is 0 Å². The van der Waals surface area contributed by atoms with Crippen LogP contribution in [0.4, 0.5) is 0 Å². The van der Waals surface area contributed by atoms with Gasteiger partial charge in [0.2, 0.25) is 0 Å². The average Bonchev–Trinajstić information content (AvgIpc) is 2.57. The molecule has 106 valence electrons. The molecule has 0 radical (unpaired) electrons. The molecule has 0 unspecified atom stereocenters. The molecular weight excluding hydrogens is 279 g/mol. The fraction of sp³-hybridized carbons (Fsp3) is 0.444. The maximum atomic E-state index is 11.2. The van der Waals surface area contributed by atoms with Crippen LogP contribution in [0.15, 0.2) is 12.2 Å². The first kappa shape index (κ1) is 15.5. The highest BCUT2D eigenvalue weighted by Crippen LogP contribution is 2.39. The largest absolute Gasteiger partial charge is 0.481 e. The number of carbonyl (C=O) groups is 3. The van der Waals surface area contributed by atoms with Gasteiger partial charge in [-0.15, -0.1) is 0 Å². The molecule has 19 heavy (non-hydrogen) atoms. The molecule has 2 amide bonds. The van der Waals surface area contributed by atoms with Gasteiger partial charge in [0.05, 0.1) is 6.42 Å². The SMILES string of the molecule is O=C(O)CCN(CCN1C(=O)C=CC1=O)P(=O)(O)O. The Morgan fingerprint density at radius 2 is 1.74 bits per heavy atom. The molecule has 0 atom stereocenters. The molecule has 1 heterocycles. The van der Waals surface area contributed by atoms with Gasteiger partial charge in [0.25, 0.3) is 11.8 Å². The van der Waals surface area contributed by atoms with E-state index in [2.05, 4.69) is 0 Å². The lowest BCUT2D eigenvalue weighted by Gasteiger charge is -2.24. The molecule has 0 aromatic heterocycles. The van der Waals surface area contributed by atoms with Crippen LogP contribution in [0.5, 0.6) is 0 Å². The summed E-state index contributed by atoms with van der Waals surface area (Å²) in [6.07, 6.45) is 1.66. The van der Waals surface area contributed by atoms with Crippen LogP contribution in [-0.4, -0.2) is 61.9 Å². The summed E-state index contributed by atoms with van der Waals surface area (Å²) in [6.45, 7) is -0.880. The van der Waals surface area contributed by atoms with Crippen LogP contribution in [0.1, 0.15) is 6.42 Å². The first-order valence-electron chi connectivity index (χ1n) is 5.28. The monoisotopic (exact) mass is 292 g/mol. The van der Waals surface area contributed by atoms with E-state index in [1.807, 2.05) is 0 Å². The van der Waals surface area contributed by atoms with Gasteiger partial charge in [0.1, 0.15) is 0 Å². The molecule has 0 spiro atoms. The third kappa shape index (κ3) is 4.56. The summed E-state index contributed by atoms with van der Waals surface area (Å²) in [5, 5.41) is 8.48. The summed E-state index contributed by atoms with van der Waals surface area (Å²) >= 11 is 0. The lowest BCUT2D eigenvalue weighted by molar-refractivity contribution is -0.139. The van der Waals surface area contributed by atoms with Crippen LogP contribution in [0.3, 0.4) is 0 Å². The molecule has 0 fully saturated rings. The Morgan fingerprint density at radius 1 is 1.21 bits per heavy atom. The van der Waals surface area contributed by atoms with Crippen molar-refractivity contribution in [1.82, 2.24) is 9.57 Å². The minimum Gasteiger partial charge on any atom is -0.481 e. The van der Waals surface area contributed by atoms with Gasteiger partial charge in [-0.1, -0.05) is 0 Å². The molecule has 0 aliphatic carbocycles. The van der Waals surface area contributed by atoms with Crippen molar-refractivity contribution in [2.75, 3.05) is 19.6 Å². The number of carboxylic acid groups (broad SMARTS) is 1. The first-order chi connectivity index (χ1) is 8.71. The number of hydrogen-bond acceptors (Lipinski definition) is 4. The number of imide groups is 1. The third-order valence-electron chi connectivity index (χ3n) is 2.43. The van der Waals surface area contributed by atoms with Crippen molar-refractivity contribution in [3.63, 3.8) is 0 Å². The van der Waals surface area contributed by atoms with Crippen molar-refractivity contribution in [3.8, 4) is 0 Å². The molecule has 0 bridgehead atoms. The predicted molar refractivity (Wildman–Crippen MR) is 61.7 cm³/mol. The zero-order valence-corrected chi connectivity index (χ0v) is 10.7. The smallest absolute Gasteiger partial charge is 0.403 e. The second kappa shape index (κ2) is 6.07. The maximum Gasteiger partial charge on any atom is 0.403 e. The average molecular weight is 292 g/mol. The van der Waals surface area contributed by atoms with Crippen LogP contribution in [0, 0.1) is 0 Å². The zero-order chi connectivity index (χ0) is 14.6. The Hall–Kier alpha value is -1.54. The van der Waals surface area contributed by atoms with Gasteiger partial charge in [-0.05, 0) is 0 Å². The molecule has 3 N–H and O–H groups in total. The highest BCUT2D eigenvalue weighted by molar-refractivity contribution is 7.49. The summed E-state index contributed by atoms with van der Waals surface area (Å²) in [5.74, 6) is -2.32. The van der Waals surface area contributed by atoms with E-state index in [1.165, 1.54) is 0 Å². The number of nitrogens with zero attached hydrogens (tertiary/aromatic N) is 2. The number of rotatable bonds is 7. The molecule has 1 aliphatic rings. The molecular formula is C9H13N2O7P. The fourth-order valence-electron chi connectivity index (χ4n) is 1.46. The van der Waals surface area contributed by atoms with Crippen molar-refractivity contribution in [2.24, 2.45) is 0 Å². The molecule has 0 saturated heterocycles. The summed E-state index contributed by atoms with van der Waals surface area (Å²) in [6, 6.07) is 0. The lowest BCUT2D eigenvalue weighted by atomic mass is 10.4. The van der Waals surface area contributed by atoms with Gasteiger partial charge in [-0.2, -0.15) is 0 Å². The molecule has 1 rings (SSSR count). The summed E-state index contributed by atoms with van der Waals surface area (Å²) in [7, 11) is -4.63. The van der Waals surface area contributed by atoms with Crippen molar-refractivity contribution in [3.05, 3.63) is 12.2 Å². The highest BCUT2D eigenvalue weighted by atomic mass is 31.2. The molecule has 0 aromatic carbocycles. The van der Waals surface area contributed by atoms with E-state index in [-0.39, 0.29) is 19.6 Å². The quantitative estimate of drug-likeness (QED) is 0.392. The van der Waals surface area contributed by atoms with Crippen LogP contribution in [0.25, 0.3) is 0 Å². The van der Waals surface area contributed by atoms with E-state index in [0.29, 0.717) is 4.67 Å². The molecule has 0 aromatic rings. The zero-order valence-electron chi connectivity index (χ0n) is 9.80. The van der Waals surface area contributed by atoms with Crippen molar-refractivity contribution in [2.45, 2.75) is 6.42 Å². The van der Waals surface area contributed by atoms with E-state index in [1.54, 1.807) is 0 Å². The van der Waals surface area contributed by atoms with Gasteiger partial charge in [-0.3, -0.25) is 19.3 Å². The number of carboxylic acids is 1. The van der Waals surface area contributed by atoms with Gasteiger partial charge < -0.3 is 14.9 Å². The minimum atomic E-state index is -4.63. The van der Waals surface area contributed by atoms with Crippen LogP contribution in [-0.2, 0) is 18.9 Å². The first-order valence-corrected chi connectivity index (χ1v) is 6.84. The molecule has 1 aliphatic heterocycles. The second-order valence-electron chi connectivity index (χ2n) is 3.77. The van der Waals surface area contributed by atoms with Gasteiger partial charge in [-0.25, -0.2) is 9.24 Å². The van der Waals surface area contributed by atoms with E-state index in [9.17, 15) is 18.9 Å². The Balaban J connectivity index is 2.59. The molecule has 0 saturated carbocycles. The van der Waals surface area contributed by atoms with Crippen molar-refractivity contribution >= 4 is 25.5 Å². The van der Waals surface area contributed by atoms with E-state index >= 15 is 0 Å². The normalized spacial score (nSPS) is 15.6. The summed E-state index contributed by atoms with van der Waals surface area (Å²) < 4.78 is 11.8. The Kier molecular flexibility index (Phi) is 4.96. The van der Waals surface area contributed by atoms with Crippen LogP contribution >= 0.6 is 7.75 Å². The number of carbonyl (C=O) groups excluding carboxylic acids is 2. The number of hydrogen-bond donors (Lipinski definition) is 3. The Bertz CT molecular complexity index is 451. The highest BCUT2D eigenvalue weighted by Gasteiger charge is 2.29. The maximum absolute atomic E-state index is 11.2. The topological polar surface area (TPSA) is 135 Å². The predicted octanol–water partition coefficient (Wildman–Crippen LogP) is -1.22. The Morgan fingerprint density at radius 3 is 2.16 bits per heavy atom. The fourth-order valence-corrected chi connectivity index (χ4v) is 2.17. The van der Waals surface area contributed by atoms with Crippen LogP contribution < -0.4 is 0 Å². The summed E-state index contributed by atoms with van der Waals surface area (Å²) in [5.41, 5.74) is 0. The van der Waals surface area contributed by atoms with Gasteiger partial charge in [0, 0.05) is 31.8 Å². The van der Waals surface area contributed by atoms with Gasteiger partial charge >= 0.3 is 13.7 Å². The van der Waals surface area contributed by atoms with E-state index < -0.39 is 32.0 Å². The van der Waals surface area contributed by atoms with Crippen molar-refractivity contribution < 1.29 is 33.8 Å². The summed E-state index contributed by atoms with van der Waals surface area (Å²) in [4.78, 5) is 51.7. The molecule has 9 nitrogen and oxygen atoms in total. The third-order valence-corrected chi connectivity index (χ3v) is 3.57. The van der Waals surface area contributed by atoms with E-state index in [4.69, 9.17) is 14.9 Å². The lowest BCUT2D eigenvalue weighted by Crippen LogP contribution is -2.38. The minimum absolute atomic E-state index is 0.213. The Labute approximate surface area is 108 Å². The second-order valence-corrected chi connectivity index (χ2v) is 5.36. The van der Waals surface area contributed by atoms with Crippen molar-refractivity contribution in [1.29, 1.82) is 0 Å². The van der Waals surface area contributed by atoms with E-state index in [0.717, 1.165) is 17.1 Å². The molecule has 10 heteroatoms. The standard InChI is InChI=1S/C9H13N2O7P/c12-7-1-2-8(13)11(7)6-5-10(19(16,17)18)4-3-9(14)15/h1-2H,3-6H2,(H,14,15)(H2,16,17,18). The van der Waals surface area contributed by atoms with Crippen LogP contribution in [0.2, 0.25) is 0 Å².